The van der Waals surface area contributed by atoms with Crippen LogP contribution in [0, 0.1) is 11.2 Å². The van der Waals surface area contributed by atoms with Crippen molar-refractivity contribution in [2.75, 3.05) is 7.11 Å². The van der Waals surface area contributed by atoms with Crippen LogP contribution >= 0.6 is 0 Å². The van der Waals surface area contributed by atoms with E-state index in [1.807, 2.05) is 34.6 Å². The van der Waals surface area contributed by atoms with Crippen LogP contribution in [-0.4, -0.2) is 32.4 Å². The van der Waals surface area contributed by atoms with Crippen LogP contribution in [0.2, 0.25) is 0 Å². The molecule has 0 saturated carbocycles. The highest BCUT2D eigenvalue weighted by molar-refractivity contribution is 7.87. The SMILES string of the molecule is CC[C@H](C)N(Cc1ccccc1OS(=O)(=O)c1ccc(OC)c(F)c1)C(=O)CC(C)(C)C. The van der Waals surface area contributed by atoms with E-state index in [1.54, 1.807) is 23.1 Å². The number of carbonyl (C=O) groups excluding carboxylic acids is 1. The number of amides is 1. The number of rotatable bonds is 9. The maximum absolute atomic E-state index is 14.0. The van der Waals surface area contributed by atoms with E-state index in [1.165, 1.54) is 25.3 Å². The molecule has 0 aromatic heterocycles. The number of hydrogen-bond acceptors (Lipinski definition) is 5. The standard InChI is InChI=1S/C24H32FNO5S/c1-7-17(2)26(23(27)15-24(3,4)5)16-18-10-8-9-11-21(18)31-32(28,29)19-12-13-22(30-6)20(25)14-19/h8-14,17H,7,15-16H2,1-6H3/t17-/m0/s1. The molecule has 8 heteroatoms. The van der Waals surface area contributed by atoms with Crippen molar-refractivity contribution in [3.63, 3.8) is 0 Å². The van der Waals surface area contributed by atoms with Crippen molar-refractivity contribution in [2.24, 2.45) is 5.41 Å². The number of ether oxygens (including phenoxy) is 1. The van der Waals surface area contributed by atoms with Gasteiger partial charge in [-0.15, -0.1) is 0 Å². The highest BCUT2D eigenvalue weighted by Gasteiger charge is 2.26. The zero-order valence-electron chi connectivity index (χ0n) is 19.5. The molecule has 0 spiro atoms. The first-order chi connectivity index (χ1) is 14.9. The van der Waals surface area contributed by atoms with Gasteiger partial charge in [-0.3, -0.25) is 4.79 Å². The van der Waals surface area contributed by atoms with Gasteiger partial charge in [0.05, 0.1) is 7.11 Å². The quantitative estimate of drug-likeness (QED) is 0.478. The Morgan fingerprint density at radius 1 is 1.12 bits per heavy atom. The molecule has 1 atom stereocenters. The summed E-state index contributed by atoms with van der Waals surface area (Å²) >= 11 is 0. The van der Waals surface area contributed by atoms with Crippen LogP contribution in [0.15, 0.2) is 47.4 Å². The third-order valence-electron chi connectivity index (χ3n) is 5.05. The summed E-state index contributed by atoms with van der Waals surface area (Å²) in [4.78, 5) is 14.4. The molecule has 0 saturated heterocycles. The number of halogens is 1. The van der Waals surface area contributed by atoms with Gasteiger partial charge in [-0.1, -0.05) is 45.9 Å². The maximum Gasteiger partial charge on any atom is 0.339 e. The third-order valence-corrected chi connectivity index (χ3v) is 6.28. The fourth-order valence-electron chi connectivity index (χ4n) is 3.13. The lowest BCUT2D eigenvalue weighted by molar-refractivity contribution is -0.135. The van der Waals surface area contributed by atoms with Gasteiger partial charge in [0.15, 0.2) is 11.6 Å². The summed E-state index contributed by atoms with van der Waals surface area (Å²) in [6.07, 6.45) is 1.12. The average molecular weight is 466 g/mol. The van der Waals surface area contributed by atoms with Crippen LogP contribution in [0.5, 0.6) is 11.5 Å². The zero-order valence-corrected chi connectivity index (χ0v) is 20.3. The summed E-state index contributed by atoms with van der Waals surface area (Å²) < 4.78 is 49.8. The Balaban J connectivity index is 2.35. The Kier molecular flexibility index (Phi) is 8.29. The summed E-state index contributed by atoms with van der Waals surface area (Å²) in [7, 11) is -3.00. The van der Waals surface area contributed by atoms with Gasteiger partial charge in [-0.05, 0) is 43.0 Å². The molecule has 6 nitrogen and oxygen atoms in total. The fourth-order valence-corrected chi connectivity index (χ4v) is 4.11. The first-order valence-electron chi connectivity index (χ1n) is 10.5. The molecule has 0 bridgehead atoms. The molecule has 2 aromatic rings. The molecule has 176 valence electrons. The van der Waals surface area contributed by atoms with Crippen LogP contribution in [-0.2, 0) is 21.5 Å². The predicted molar refractivity (Wildman–Crippen MR) is 122 cm³/mol. The van der Waals surface area contributed by atoms with Gasteiger partial charge in [0.1, 0.15) is 10.6 Å². The molecule has 32 heavy (non-hydrogen) atoms. The van der Waals surface area contributed by atoms with Crippen molar-refractivity contribution in [3.05, 3.63) is 53.8 Å². The van der Waals surface area contributed by atoms with E-state index in [-0.39, 0.29) is 40.3 Å². The number of benzene rings is 2. The van der Waals surface area contributed by atoms with Crippen LogP contribution < -0.4 is 8.92 Å². The number of methoxy groups -OCH3 is 1. The summed E-state index contributed by atoms with van der Waals surface area (Å²) in [6.45, 7) is 10.1. The molecule has 0 aliphatic rings. The van der Waals surface area contributed by atoms with Gasteiger partial charge < -0.3 is 13.8 Å². The van der Waals surface area contributed by atoms with E-state index in [0.717, 1.165) is 12.5 Å². The first-order valence-corrected chi connectivity index (χ1v) is 11.9. The van der Waals surface area contributed by atoms with Crippen LogP contribution in [0.1, 0.15) is 53.0 Å². The predicted octanol–water partition coefficient (Wildman–Crippen LogP) is 5.17. The summed E-state index contributed by atoms with van der Waals surface area (Å²) in [5.74, 6) is -0.783. The normalized spacial score (nSPS) is 12.8. The molecule has 0 unspecified atom stereocenters. The van der Waals surface area contributed by atoms with Crippen LogP contribution in [0.25, 0.3) is 0 Å². The Morgan fingerprint density at radius 2 is 1.78 bits per heavy atom. The molecule has 0 aliphatic heterocycles. The second-order valence-electron chi connectivity index (χ2n) is 8.96. The van der Waals surface area contributed by atoms with Gasteiger partial charge in [-0.25, -0.2) is 4.39 Å². The van der Waals surface area contributed by atoms with Gasteiger partial charge in [-0.2, -0.15) is 8.42 Å². The minimum atomic E-state index is -4.29. The van der Waals surface area contributed by atoms with Gasteiger partial charge in [0, 0.05) is 24.6 Å². The number of para-hydroxylation sites is 1. The Hall–Kier alpha value is -2.61. The second-order valence-corrected chi connectivity index (χ2v) is 10.5. The van der Waals surface area contributed by atoms with E-state index in [0.29, 0.717) is 12.0 Å². The highest BCUT2D eigenvalue weighted by Crippen LogP contribution is 2.28. The van der Waals surface area contributed by atoms with E-state index in [4.69, 9.17) is 8.92 Å². The lowest BCUT2D eigenvalue weighted by Crippen LogP contribution is -2.39. The Labute approximate surface area is 190 Å². The van der Waals surface area contributed by atoms with Crippen molar-refractivity contribution in [1.29, 1.82) is 0 Å². The van der Waals surface area contributed by atoms with Gasteiger partial charge in [0.2, 0.25) is 5.91 Å². The highest BCUT2D eigenvalue weighted by atomic mass is 32.2. The van der Waals surface area contributed by atoms with Crippen LogP contribution in [0.3, 0.4) is 0 Å². The molecule has 0 radical (unpaired) electrons. The lowest BCUT2D eigenvalue weighted by Gasteiger charge is -2.32. The van der Waals surface area contributed by atoms with Crippen molar-refractivity contribution in [2.45, 2.75) is 64.9 Å². The summed E-state index contributed by atoms with van der Waals surface area (Å²) in [5.41, 5.74) is 0.369. The third kappa shape index (κ3) is 6.69. The summed E-state index contributed by atoms with van der Waals surface area (Å²) in [6, 6.07) is 9.92. The lowest BCUT2D eigenvalue weighted by atomic mass is 9.91. The first kappa shape index (κ1) is 25.6. The van der Waals surface area contributed by atoms with Crippen molar-refractivity contribution >= 4 is 16.0 Å². The zero-order chi connectivity index (χ0) is 24.1. The van der Waals surface area contributed by atoms with Crippen LogP contribution in [0.4, 0.5) is 4.39 Å². The number of nitrogens with zero attached hydrogens (tertiary/aromatic N) is 1. The molecule has 0 fully saturated rings. The van der Waals surface area contributed by atoms with Crippen molar-refractivity contribution in [3.8, 4) is 11.5 Å². The molecular weight excluding hydrogens is 433 g/mol. The molecule has 2 rings (SSSR count). The van der Waals surface area contributed by atoms with Crippen molar-refractivity contribution < 1.29 is 26.5 Å². The van der Waals surface area contributed by atoms with Crippen molar-refractivity contribution in [1.82, 2.24) is 4.90 Å². The summed E-state index contributed by atoms with van der Waals surface area (Å²) in [5, 5.41) is 0. The van der Waals surface area contributed by atoms with Gasteiger partial charge >= 0.3 is 10.1 Å². The monoisotopic (exact) mass is 465 g/mol. The molecule has 0 aliphatic carbocycles. The Morgan fingerprint density at radius 3 is 2.34 bits per heavy atom. The van der Waals surface area contributed by atoms with E-state index in [2.05, 4.69) is 0 Å². The Bertz CT molecular complexity index is 1050. The average Bonchev–Trinajstić information content (AvgIpc) is 2.70. The molecule has 0 heterocycles. The van der Waals surface area contributed by atoms with E-state index in [9.17, 15) is 17.6 Å². The fraction of sp³-hybridized carbons (Fsp3) is 0.458. The maximum atomic E-state index is 14.0. The molecular formula is C24H32FNO5S. The minimum Gasteiger partial charge on any atom is -0.494 e. The number of hydrogen-bond donors (Lipinski definition) is 0. The number of carbonyl (C=O) groups is 1. The van der Waals surface area contributed by atoms with E-state index >= 15 is 0 Å². The molecule has 0 N–H and O–H groups in total. The largest absolute Gasteiger partial charge is 0.494 e. The van der Waals surface area contributed by atoms with Gasteiger partial charge in [0.25, 0.3) is 0 Å². The van der Waals surface area contributed by atoms with E-state index < -0.39 is 15.9 Å². The molecule has 1 amide bonds. The smallest absolute Gasteiger partial charge is 0.339 e. The topological polar surface area (TPSA) is 72.9 Å². The second kappa shape index (κ2) is 10.3. The minimum absolute atomic E-state index is 0.0123. The molecule has 2 aromatic carbocycles.